The monoisotopic (exact) mass is 175 g/mol. The first kappa shape index (κ1) is 8.17. The van der Waals surface area contributed by atoms with E-state index in [1.165, 1.54) is 5.56 Å². The molecule has 1 heterocycles. The highest BCUT2D eigenvalue weighted by Crippen LogP contribution is 2.27. The van der Waals surface area contributed by atoms with E-state index in [1.54, 1.807) is 0 Å². The highest BCUT2D eigenvalue weighted by molar-refractivity contribution is 5.86. The second-order valence-corrected chi connectivity index (χ2v) is 3.33. The van der Waals surface area contributed by atoms with Gasteiger partial charge in [-0.3, -0.25) is 0 Å². The van der Waals surface area contributed by atoms with Gasteiger partial charge in [-0.05, 0) is 30.2 Å². The van der Waals surface area contributed by atoms with Crippen molar-refractivity contribution < 1.29 is 5.11 Å². The molecule has 0 unspecified atom stereocenters. The summed E-state index contributed by atoms with van der Waals surface area (Å²) >= 11 is 0. The van der Waals surface area contributed by atoms with Crippen molar-refractivity contribution in [3.63, 3.8) is 0 Å². The molecule has 0 aliphatic carbocycles. The lowest BCUT2D eigenvalue weighted by atomic mass is 10.1. The van der Waals surface area contributed by atoms with Crippen LogP contribution >= 0.6 is 0 Å². The number of phenolic OH excluding ortho intramolecular Hbond substituents is 1. The van der Waals surface area contributed by atoms with E-state index in [1.807, 2.05) is 29.9 Å². The van der Waals surface area contributed by atoms with Gasteiger partial charge < -0.3 is 9.67 Å². The first-order valence-electron chi connectivity index (χ1n) is 4.49. The minimum Gasteiger partial charge on any atom is -0.507 e. The zero-order chi connectivity index (χ0) is 9.42. The highest BCUT2D eigenvalue weighted by atomic mass is 16.3. The summed E-state index contributed by atoms with van der Waals surface area (Å²) in [6.45, 7) is 2.09. The van der Waals surface area contributed by atoms with Crippen molar-refractivity contribution in [3.8, 4) is 5.75 Å². The van der Waals surface area contributed by atoms with Gasteiger partial charge in [0.2, 0.25) is 0 Å². The van der Waals surface area contributed by atoms with Gasteiger partial charge in [-0.25, -0.2) is 0 Å². The van der Waals surface area contributed by atoms with E-state index < -0.39 is 0 Å². The summed E-state index contributed by atoms with van der Waals surface area (Å²) in [5.41, 5.74) is 2.27. The smallest absolute Gasteiger partial charge is 0.125 e. The second-order valence-electron chi connectivity index (χ2n) is 3.33. The van der Waals surface area contributed by atoms with Crippen LogP contribution in [0.4, 0.5) is 0 Å². The fourth-order valence-corrected chi connectivity index (χ4v) is 1.61. The number of fused-ring (bicyclic) bond motifs is 1. The summed E-state index contributed by atoms with van der Waals surface area (Å²) in [4.78, 5) is 0. The van der Waals surface area contributed by atoms with Crippen molar-refractivity contribution >= 4 is 10.9 Å². The molecule has 2 heteroatoms. The van der Waals surface area contributed by atoms with Crippen LogP contribution in [0.5, 0.6) is 5.75 Å². The normalized spacial score (nSPS) is 10.9. The third-order valence-electron chi connectivity index (χ3n) is 2.45. The van der Waals surface area contributed by atoms with Gasteiger partial charge in [-0.1, -0.05) is 6.92 Å². The van der Waals surface area contributed by atoms with E-state index >= 15 is 0 Å². The number of phenols is 1. The van der Waals surface area contributed by atoms with Crippen LogP contribution in [0.3, 0.4) is 0 Å². The molecule has 0 amide bonds. The molecule has 0 fully saturated rings. The maximum Gasteiger partial charge on any atom is 0.125 e. The quantitative estimate of drug-likeness (QED) is 0.707. The molecule has 0 bridgehead atoms. The van der Waals surface area contributed by atoms with Crippen molar-refractivity contribution in [2.75, 3.05) is 0 Å². The Morgan fingerprint density at radius 2 is 2.15 bits per heavy atom. The molecule has 0 atom stereocenters. The van der Waals surface area contributed by atoms with Gasteiger partial charge in [0.1, 0.15) is 5.75 Å². The number of aromatic nitrogens is 1. The van der Waals surface area contributed by atoms with E-state index in [0.717, 1.165) is 17.3 Å². The molecule has 0 radical (unpaired) electrons. The van der Waals surface area contributed by atoms with Crippen LogP contribution in [0.2, 0.25) is 0 Å². The Kier molecular flexibility index (Phi) is 1.76. The van der Waals surface area contributed by atoms with Crippen molar-refractivity contribution in [3.05, 3.63) is 30.0 Å². The molecule has 1 aromatic carbocycles. The van der Waals surface area contributed by atoms with Crippen LogP contribution in [0.15, 0.2) is 24.4 Å². The number of hydrogen-bond acceptors (Lipinski definition) is 1. The molecule has 1 N–H and O–H groups in total. The van der Waals surface area contributed by atoms with E-state index in [0.29, 0.717) is 5.75 Å². The van der Waals surface area contributed by atoms with Crippen LogP contribution < -0.4 is 0 Å². The Labute approximate surface area is 77.4 Å². The van der Waals surface area contributed by atoms with Gasteiger partial charge in [0.15, 0.2) is 0 Å². The van der Waals surface area contributed by atoms with E-state index in [-0.39, 0.29) is 0 Å². The topological polar surface area (TPSA) is 25.2 Å². The summed E-state index contributed by atoms with van der Waals surface area (Å²) in [5.74, 6) is 0.384. The average molecular weight is 175 g/mol. The van der Waals surface area contributed by atoms with E-state index in [2.05, 4.69) is 13.0 Å². The number of nitrogens with zero attached hydrogens (tertiary/aromatic N) is 1. The van der Waals surface area contributed by atoms with Gasteiger partial charge >= 0.3 is 0 Å². The first-order valence-corrected chi connectivity index (χ1v) is 4.49. The first-order chi connectivity index (χ1) is 6.22. The van der Waals surface area contributed by atoms with Crippen molar-refractivity contribution in [1.29, 1.82) is 0 Å². The van der Waals surface area contributed by atoms with Crippen LogP contribution in [0.25, 0.3) is 10.9 Å². The lowest BCUT2D eigenvalue weighted by Gasteiger charge is -2.02. The standard InChI is InChI=1S/C11H13NO/c1-3-8-6-10-9(11(13)7-8)4-5-12(10)2/h4-7,13H,3H2,1-2H3. The fourth-order valence-electron chi connectivity index (χ4n) is 1.61. The number of aryl methyl sites for hydroxylation is 2. The second kappa shape index (κ2) is 2.80. The summed E-state index contributed by atoms with van der Waals surface area (Å²) in [6, 6.07) is 5.89. The minimum absolute atomic E-state index is 0.384. The van der Waals surface area contributed by atoms with Crippen LogP contribution in [0.1, 0.15) is 12.5 Å². The zero-order valence-electron chi connectivity index (χ0n) is 7.91. The van der Waals surface area contributed by atoms with E-state index in [9.17, 15) is 5.11 Å². The molecule has 0 saturated heterocycles. The molecule has 1 aromatic heterocycles. The number of benzene rings is 1. The Balaban J connectivity index is 2.80. The molecule has 2 rings (SSSR count). The van der Waals surface area contributed by atoms with Gasteiger partial charge in [0.25, 0.3) is 0 Å². The Morgan fingerprint density at radius 3 is 2.85 bits per heavy atom. The molecular formula is C11H13NO. The van der Waals surface area contributed by atoms with Gasteiger partial charge in [-0.15, -0.1) is 0 Å². The lowest BCUT2D eigenvalue weighted by molar-refractivity contribution is 0.481. The number of aromatic hydroxyl groups is 1. The van der Waals surface area contributed by atoms with Crippen LogP contribution in [-0.2, 0) is 13.5 Å². The molecule has 68 valence electrons. The summed E-state index contributed by atoms with van der Waals surface area (Å²) in [6.07, 6.45) is 2.92. The lowest BCUT2D eigenvalue weighted by Crippen LogP contribution is -1.86. The number of rotatable bonds is 1. The summed E-state index contributed by atoms with van der Waals surface area (Å²) in [5, 5.41) is 10.6. The third kappa shape index (κ3) is 1.18. The Hall–Kier alpha value is -1.44. The maximum absolute atomic E-state index is 9.68. The predicted octanol–water partition coefficient (Wildman–Crippen LogP) is 2.45. The van der Waals surface area contributed by atoms with Crippen LogP contribution in [-0.4, -0.2) is 9.67 Å². The largest absolute Gasteiger partial charge is 0.507 e. The van der Waals surface area contributed by atoms with Crippen molar-refractivity contribution in [1.82, 2.24) is 4.57 Å². The van der Waals surface area contributed by atoms with Crippen LogP contribution in [0, 0.1) is 0 Å². The van der Waals surface area contributed by atoms with Crippen molar-refractivity contribution in [2.45, 2.75) is 13.3 Å². The molecule has 0 spiro atoms. The van der Waals surface area contributed by atoms with Gasteiger partial charge in [0, 0.05) is 18.6 Å². The SMILES string of the molecule is CCc1cc(O)c2ccn(C)c2c1. The molecule has 2 aromatic rings. The average Bonchev–Trinajstić information content (AvgIpc) is 2.48. The van der Waals surface area contributed by atoms with E-state index in [4.69, 9.17) is 0 Å². The van der Waals surface area contributed by atoms with Gasteiger partial charge in [-0.2, -0.15) is 0 Å². The highest BCUT2D eigenvalue weighted by Gasteiger charge is 2.04. The van der Waals surface area contributed by atoms with Crippen molar-refractivity contribution in [2.24, 2.45) is 7.05 Å². The Bertz CT molecular complexity index is 443. The molecule has 0 aliphatic heterocycles. The summed E-state index contributed by atoms with van der Waals surface area (Å²) in [7, 11) is 1.99. The van der Waals surface area contributed by atoms with Gasteiger partial charge in [0.05, 0.1) is 5.52 Å². The minimum atomic E-state index is 0.384. The predicted molar refractivity (Wildman–Crippen MR) is 54.0 cm³/mol. The number of hydrogen-bond donors (Lipinski definition) is 1. The summed E-state index contributed by atoms with van der Waals surface area (Å²) < 4.78 is 2.02. The maximum atomic E-state index is 9.68. The molecular weight excluding hydrogens is 162 g/mol. The molecule has 0 aliphatic rings. The Morgan fingerprint density at radius 1 is 1.38 bits per heavy atom. The molecule has 0 saturated carbocycles. The third-order valence-corrected chi connectivity index (χ3v) is 2.45. The zero-order valence-corrected chi connectivity index (χ0v) is 7.91. The molecule has 2 nitrogen and oxygen atoms in total. The molecule has 13 heavy (non-hydrogen) atoms. The fraction of sp³-hybridized carbons (Fsp3) is 0.273.